The van der Waals surface area contributed by atoms with Crippen molar-refractivity contribution in [2.75, 3.05) is 0 Å². The number of hydrogen-bond acceptors (Lipinski definition) is 0. The van der Waals surface area contributed by atoms with Crippen LogP contribution in [-0.4, -0.2) is 0 Å². The molecule has 2 unspecified atom stereocenters. The van der Waals surface area contributed by atoms with Crippen LogP contribution in [0.5, 0.6) is 0 Å². The summed E-state index contributed by atoms with van der Waals surface area (Å²) < 4.78 is 0. The molecule has 0 spiro atoms. The molecule has 0 heteroatoms. The second-order valence-electron chi connectivity index (χ2n) is 21.6. The Hall–Kier alpha value is -7.54. The van der Waals surface area contributed by atoms with Crippen LogP contribution in [0.4, 0.5) is 0 Å². The summed E-state index contributed by atoms with van der Waals surface area (Å²) in [7, 11) is 0. The van der Waals surface area contributed by atoms with Crippen LogP contribution in [-0.2, 0) is 5.41 Å². The van der Waals surface area contributed by atoms with Crippen LogP contribution in [0.15, 0.2) is 211 Å². The second kappa shape index (κ2) is 19.8. The molecule has 4 aliphatic rings. The summed E-state index contributed by atoms with van der Waals surface area (Å²) in [6.45, 7) is 26.5. The summed E-state index contributed by atoms with van der Waals surface area (Å²) in [6.07, 6.45) is 9.30. The SMILES string of the molecule is CC1=C(C)C2=CC=CC3c4ccccc4C(=C1)C23.Cc1cc2c(cc1C)C(C)(C)c1ccccc1-2.Cc1cc2ccc3cccc4ccc(c1C)c2c34.Cc1ccc2ccccc2c1C.Cc1ccccc1C. The molecule has 362 valence electrons. The van der Waals surface area contributed by atoms with E-state index in [1.54, 1.807) is 0 Å². The van der Waals surface area contributed by atoms with Gasteiger partial charge in [0.25, 0.3) is 0 Å². The van der Waals surface area contributed by atoms with Crippen LogP contribution in [0, 0.1) is 61.3 Å². The Bertz CT molecular complexity index is 3840. The number of aryl methyl sites for hydroxylation is 8. The van der Waals surface area contributed by atoms with Gasteiger partial charge in [-0.3, -0.25) is 0 Å². The van der Waals surface area contributed by atoms with Gasteiger partial charge in [0, 0.05) is 17.3 Å². The standard InChI is InChI=1S/C18H16.C18H14.C17H18.C12H12.C8H10/c1-11-10-17-15-7-4-3-6-14(15)16-9-5-8-13(12(11)2)18(16)17;1-11-10-15-7-6-13-4-3-5-14-8-9-16(12(11)2)18(15)17(13)14;1-11-9-14-13-7-5-6-8-15(13)17(3,4)16(14)10-12(11)2;1-9-7-8-11-5-3-4-6-12(11)10(9)2;1-7-5-3-4-6-8(7)2/h3-10,16,18H,1-2H3;3-10H,1-2H3;5-10H,1-4H3;3-8H,1-2H3;3-6H,1-2H3. The fourth-order valence-corrected chi connectivity index (χ4v) is 11.9. The largest absolute Gasteiger partial charge is 0.0760 e. The molecule has 73 heavy (non-hydrogen) atoms. The highest BCUT2D eigenvalue weighted by atomic mass is 14.4. The Kier molecular flexibility index (Phi) is 13.3. The average Bonchev–Trinajstić information content (AvgIpc) is 3.83. The third-order valence-electron chi connectivity index (χ3n) is 16.9. The van der Waals surface area contributed by atoms with Gasteiger partial charge < -0.3 is 0 Å². The lowest BCUT2D eigenvalue weighted by atomic mass is 9.74. The first-order valence-corrected chi connectivity index (χ1v) is 26.3. The topological polar surface area (TPSA) is 0 Å². The molecule has 0 fully saturated rings. The normalized spacial score (nSPS) is 16.1. The Morgan fingerprint density at radius 3 is 1.71 bits per heavy atom. The summed E-state index contributed by atoms with van der Waals surface area (Å²) in [4.78, 5) is 0. The molecule has 0 saturated heterocycles. The van der Waals surface area contributed by atoms with Crippen molar-refractivity contribution in [1.82, 2.24) is 0 Å². The van der Waals surface area contributed by atoms with Crippen molar-refractivity contribution >= 4 is 48.7 Å². The quantitative estimate of drug-likeness (QED) is 0.133. The molecule has 10 aromatic rings. The van der Waals surface area contributed by atoms with E-state index in [0.29, 0.717) is 11.8 Å². The molecule has 0 saturated carbocycles. The van der Waals surface area contributed by atoms with E-state index in [1.165, 1.54) is 143 Å². The van der Waals surface area contributed by atoms with Gasteiger partial charge in [0.05, 0.1) is 0 Å². The highest BCUT2D eigenvalue weighted by molar-refractivity contribution is 6.23. The van der Waals surface area contributed by atoms with Gasteiger partial charge in [0.2, 0.25) is 0 Å². The van der Waals surface area contributed by atoms with Crippen LogP contribution in [0.2, 0.25) is 0 Å². The monoisotopic (exact) mass is 947 g/mol. The molecule has 4 aliphatic carbocycles. The van der Waals surface area contributed by atoms with E-state index in [2.05, 4.69) is 277 Å². The minimum absolute atomic E-state index is 0.143. The van der Waals surface area contributed by atoms with Crippen molar-refractivity contribution in [3.8, 4) is 11.1 Å². The van der Waals surface area contributed by atoms with Gasteiger partial charge in [-0.05, 0) is 213 Å². The molecule has 14 rings (SSSR count). The van der Waals surface area contributed by atoms with E-state index in [1.807, 2.05) is 0 Å². The molecule has 0 bridgehead atoms. The summed E-state index contributed by atoms with van der Waals surface area (Å²) >= 11 is 0. The fourth-order valence-electron chi connectivity index (χ4n) is 11.9. The predicted octanol–water partition coefficient (Wildman–Crippen LogP) is 20.2. The van der Waals surface area contributed by atoms with Gasteiger partial charge in [0.15, 0.2) is 0 Å². The zero-order valence-electron chi connectivity index (χ0n) is 45.1. The smallest absolute Gasteiger partial charge is 0.0202 e. The number of hydrogen-bond donors (Lipinski definition) is 0. The van der Waals surface area contributed by atoms with Gasteiger partial charge in [-0.2, -0.15) is 0 Å². The van der Waals surface area contributed by atoms with E-state index >= 15 is 0 Å². The average molecular weight is 947 g/mol. The summed E-state index contributed by atoms with van der Waals surface area (Å²) in [5.74, 6) is 1.12. The van der Waals surface area contributed by atoms with Gasteiger partial charge in [-0.15, -0.1) is 0 Å². The molecule has 2 atom stereocenters. The molecule has 0 heterocycles. The fraction of sp³-hybridized carbons (Fsp3) is 0.205. The number of rotatable bonds is 0. The molecule has 0 aromatic heterocycles. The van der Waals surface area contributed by atoms with Crippen molar-refractivity contribution in [1.29, 1.82) is 0 Å². The maximum Gasteiger partial charge on any atom is 0.0202 e. The summed E-state index contributed by atoms with van der Waals surface area (Å²) in [6, 6.07) is 61.5. The first-order valence-electron chi connectivity index (χ1n) is 26.3. The van der Waals surface area contributed by atoms with Crippen molar-refractivity contribution in [3.05, 3.63) is 278 Å². The van der Waals surface area contributed by atoms with Crippen molar-refractivity contribution < 1.29 is 0 Å². The van der Waals surface area contributed by atoms with Crippen molar-refractivity contribution in [2.45, 2.75) is 94.4 Å². The van der Waals surface area contributed by atoms with Gasteiger partial charge in [0.1, 0.15) is 0 Å². The molecule has 0 radical (unpaired) electrons. The lowest BCUT2D eigenvalue weighted by Gasteiger charge is -2.29. The summed E-state index contributed by atoms with van der Waals surface area (Å²) in [5.41, 5.74) is 25.8. The number of allylic oxidation sites excluding steroid dienone is 8. The van der Waals surface area contributed by atoms with E-state index in [0.717, 1.165) is 0 Å². The highest BCUT2D eigenvalue weighted by Crippen LogP contribution is 2.55. The molecular formula is C73H70. The van der Waals surface area contributed by atoms with Crippen LogP contribution in [0.3, 0.4) is 0 Å². The zero-order valence-corrected chi connectivity index (χ0v) is 45.1. The Morgan fingerprint density at radius 2 is 0.973 bits per heavy atom. The molecule has 0 amide bonds. The Morgan fingerprint density at radius 1 is 0.384 bits per heavy atom. The maximum absolute atomic E-state index is 2.40. The van der Waals surface area contributed by atoms with E-state index < -0.39 is 0 Å². The first kappa shape index (κ1) is 49.1. The van der Waals surface area contributed by atoms with Gasteiger partial charge in [-0.25, -0.2) is 0 Å². The third-order valence-corrected chi connectivity index (χ3v) is 16.9. The lowest BCUT2D eigenvalue weighted by Crippen LogP contribution is -2.15. The second-order valence-corrected chi connectivity index (χ2v) is 21.6. The lowest BCUT2D eigenvalue weighted by molar-refractivity contribution is 0.659. The van der Waals surface area contributed by atoms with Crippen LogP contribution < -0.4 is 0 Å². The first-order chi connectivity index (χ1) is 35.1. The zero-order chi connectivity index (χ0) is 51.3. The summed E-state index contributed by atoms with van der Waals surface area (Å²) in [5, 5.41) is 11.0. The van der Waals surface area contributed by atoms with Crippen molar-refractivity contribution in [3.63, 3.8) is 0 Å². The van der Waals surface area contributed by atoms with Gasteiger partial charge in [-0.1, -0.05) is 208 Å². The minimum Gasteiger partial charge on any atom is -0.0760 e. The number of benzene rings is 10. The molecular weight excluding hydrogens is 877 g/mol. The van der Waals surface area contributed by atoms with Crippen LogP contribution in [0.25, 0.3) is 59.8 Å². The van der Waals surface area contributed by atoms with Crippen molar-refractivity contribution in [2.24, 2.45) is 5.92 Å². The Balaban J connectivity index is 0.000000107. The molecule has 0 N–H and O–H groups in total. The highest BCUT2D eigenvalue weighted by Gasteiger charge is 2.40. The number of fused-ring (bicyclic) bond motifs is 7. The van der Waals surface area contributed by atoms with E-state index in [4.69, 9.17) is 0 Å². The molecule has 10 aromatic carbocycles. The molecule has 0 aliphatic heterocycles. The predicted molar refractivity (Wildman–Crippen MR) is 319 cm³/mol. The molecule has 0 nitrogen and oxygen atoms in total. The minimum atomic E-state index is 0.143. The third kappa shape index (κ3) is 8.97. The Labute approximate surface area is 435 Å². The van der Waals surface area contributed by atoms with E-state index in [-0.39, 0.29) is 5.41 Å². The maximum atomic E-state index is 2.40. The van der Waals surface area contributed by atoms with Gasteiger partial charge >= 0.3 is 0 Å². The van der Waals surface area contributed by atoms with Crippen LogP contribution in [0.1, 0.15) is 100 Å². The van der Waals surface area contributed by atoms with Crippen LogP contribution >= 0.6 is 0 Å². The van der Waals surface area contributed by atoms with E-state index in [9.17, 15) is 0 Å².